The van der Waals surface area contributed by atoms with Gasteiger partial charge in [-0.1, -0.05) is 109 Å². The second-order valence-electron chi connectivity index (χ2n) is 16.7. The molecule has 0 saturated heterocycles. The van der Waals surface area contributed by atoms with Gasteiger partial charge in [-0.3, -0.25) is 0 Å². The van der Waals surface area contributed by atoms with Crippen molar-refractivity contribution in [3.8, 4) is 22.3 Å². The fourth-order valence-corrected chi connectivity index (χ4v) is 15.3. The van der Waals surface area contributed by atoms with E-state index in [-0.39, 0.29) is 0 Å². The zero-order valence-corrected chi connectivity index (χ0v) is 36.2. The molecule has 62 heavy (non-hydrogen) atoms. The molecule has 15 aromatic rings. The standard InChI is InChI=1S/C58H30S4/c1-7-15-51-35(9-1)41-21-19-39-43-27-34-30-46(32-18-24-54-48(26-32)38-12-4-6-14-50(38)60-54)56-40(20-22-42-36-10-2-8-16-52(36)62-58(42)56)44(34)28-33(43)29-45(55(39)57(41)61-51)31-17-23-53-47(25-31)37-11-3-5-13-49(37)59-53/h1-30H. The summed E-state index contributed by atoms with van der Waals surface area (Å²) in [7, 11) is 0. The molecule has 0 aliphatic heterocycles. The molecule has 11 aromatic carbocycles. The fourth-order valence-electron chi connectivity index (χ4n) is 10.6. The van der Waals surface area contributed by atoms with Gasteiger partial charge in [-0.05, 0) is 127 Å². The Kier molecular flexibility index (Phi) is 6.84. The van der Waals surface area contributed by atoms with Crippen LogP contribution < -0.4 is 0 Å². The van der Waals surface area contributed by atoms with E-state index in [2.05, 4.69) is 182 Å². The number of hydrogen-bond donors (Lipinski definition) is 0. The van der Waals surface area contributed by atoms with Gasteiger partial charge in [-0.25, -0.2) is 0 Å². The third-order valence-corrected chi connectivity index (χ3v) is 18.1. The van der Waals surface area contributed by atoms with Crippen LogP contribution in [0, 0.1) is 0 Å². The first kappa shape index (κ1) is 34.0. The Morgan fingerprint density at radius 1 is 0.226 bits per heavy atom. The van der Waals surface area contributed by atoms with E-state index in [9.17, 15) is 0 Å². The van der Waals surface area contributed by atoms with Gasteiger partial charge in [0.1, 0.15) is 0 Å². The molecule has 0 saturated carbocycles. The van der Waals surface area contributed by atoms with Crippen molar-refractivity contribution in [1.29, 1.82) is 0 Å². The molecule has 0 atom stereocenters. The SMILES string of the molecule is c1ccc2c(c1)sc1ccc(-c3cc4cc5c(cc(-c6ccc7sc8ccccc8c7c6)c6c5ccc5c7ccccc7sc56)cc4c4ccc5c6ccccc6sc5c34)cc12. The minimum Gasteiger partial charge on any atom is -0.135 e. The van der Waals surface area contributed by atoms with Gasteiger partial charge in [0.25, 0.3) is 0 Å². The lowest BCUT2D eigenvalue weighted by atomic mass is 9.87. The maximum Gasteiger partial charge on any atom is 0.0440 e. The third-order valence-electron chi connectivity index (χ3n) is 13.4. The summed E-state index contributed by atoms with van der Waals surface area (Å²) in [5, 5.41) is 21.1. The van der Waals surface area contributed by atoms with E-state index < -0.39 is 0 Å². The summed E-state index contributed by atoms with van der Waals surface area (Å²) in [5.74, 6) is 0. The molecule has 0 radical (unpaired) electrons. The second-order valence-corrected chi connectivity index (χ2v) is 21.0. The molecule has 4 heterocycles. The van der Waals surface area contributed by atoms with Crippen molar-refractivity contribution in [2.75, 3.05) is 0 Å². The lowest BCUT2D eigenvalue weighted by Gasteiger charge is -2.16. The van der Waals surface area contributed by atoms with E-state index in [0.29, 0.717) is 0 Å². The van der Waals surface area contributed by atoms with Crippen LogP contribution in [0.3, 0.4) is 0 Å². The number of benzene rings is 11. The fraction of sp³-hybridized carbons (Fsp3) is 0. The Hall–Kier alpha value is -6.66. The highest BCUT2D eigenvalue weighted by Gasteiger charge is 2.20. The van der Waals surface area contributed by atoms with Crippen molar-refractivity contribution >= 4 is 169 Å². The van der Waals surface area contributed by atoms with Gasteiger partial charge < -0.3 is 0 Å². The maximum atomic E-state index is 2.50. The summed E-state index contributed by atoms with van der Waals surface area (Å²) >= 11 is 7.63. The van der Waals surface area contributed by atoms with Crippen LogP contribution in [0.1, 0.15) is 0 Å². The van der Waals surface area contributed by atoms with E-state index in [1.165, 1.54) is 146 Å². The van der Waals surface area contributed by atoms with Crippen LogP contribution in [0.15, 0.2) is 182 Å². The Bertz CT molecular complexity index is 4170. The zero-order valence-electron chi connectivity index (χ0n) is 33.0. The molecular weight excluding hydrogens is 825 g/mol. The smallest absolute Gasteiger partial charge is 0.0440 e. The average Bonchev–Trinajstić information content (AvgIpc) is 4.10. The number of fused-ring (bicyclic) bond motifs is 20. The van der Waals surface area contributed by atoms with Gasteiger partial charge >= 0.3 is 0 Å². The topological polar surface area (TPSA) is 0 Å². The Morgan fingerprint density at radius 2 is 0.581 bits per heavy atom. The normalized spacial score (nSPS) is 12.5. The summed E-state index contributed by atoms with van der Waals surface area (Å²) in [6, 6.07) is 69.4. The number of hydrogen-bond acceptors (Lipinski definition) is 4. The molecule has 0 N–H and O–H groups in total. The molecule has 286 valence electrons. The van der Waals surface area contributed by atoms with Crippen molar-refractivity contribution in [2.45, 2.75) is 0 Å². The summed E-state index contributed by atoms with van der Waals surface area (Å²) in [5.41, 5.74) is 5.12. The highest BCUT2D eigenvalue weighted by molar-refractivity contribution is 7.27. The van der Waals surface area contributed by atoms with Gasteiger partial charge in [0.05, 0.1) is 0 Å². The lowest BCUT2D eigenvalue weighted by molar-refractivity contribution is 1.75. The Morgan fingerprint density at radius 3 is 1.02 bits per heavy atom. The number of thiophene rings is 4. The van der Waals surface area contributed by atoms with E-state index in [4.69, 9.17) is 0 Å². The summed E-state index contributed by atoms with van der Waals surface area (Å²) in [6.07, 6.45) is 0. The molecule has 0 unspecified atom stereocenters. The minimum absolute atomic E-state index is 1.27. The summed E-state index contributed by atoms with van der Waals surface area (Å²) in [6.45, 7) is 0. The molecule has 0 amide bonds. The highest BCUT2D eigenvalue weighted by atomic mass is 32.1. The molecule has 0 bridgehead atoms. The van der Waals surface area contributed by atoms with E-state index in [1.807, 2.05) is 45.3 Å². The first-order chi connectivity index (χ1) is 30.7. The minimum atomic E-state index is 1.27. The molecule has 0 nitrogen and oxygen atoms in total. The molecule has 0 spiro atoms. The summed E-state index contributed by atoms with van der Waals surface area (Å²) in [4.78, 5) is 0. The quantitative estimate of drug-likeness (QED) is 0.120. The molecule has 15 rings (SSSR count). The van der Waals surface area contributed by atoms with Gasteiger partial charge in [-0.2, -0.15) is 0 Å². The monoisotopic (exact) mass is 854 g/mol. The molecular formula is C58H30S4. The largest absolute Gasteiger partial charge is 0.135 e. The molecule has 0 fully saturated rings. The van der Waals surface area contributed by atoms with Crippen molar-refractivity contribution in [3.63, 3.8) is 0 Å². The predicted octanol–water partition coefficient (Wildman–Crippen LogP) is 19.1. The lowest BCUT2D eigenvalue weighted by Crippen LogP contribution is -1.89. The average molecular weight is 855 g/mol. The van der Waals surface area contributed by atoms with Crippen LogP contribution in [0.2, 0.25) is 0 Å². The zero-order chi connectivity index (χ0) is 40.2. The number of rotatable bonds is 2. The third kappa shape index (κ3) is 4.65. The Balaban J connectivity index is 1.08. The van der Waals surface area contributed by atoms with Gasteiger partial charge in [-0.15, -0.1) is 45.3 Å². The first-order valence-electron chi connectivity index (χ1n) is 21.0. The van der Waals surface area contributed by atoms with Crippen molar-refractivity contribution < 1.29 is 0 Å². The molecule has 4 aromatic heterocycles. The van der Waals surface area contributed by atoms with E-state index in [0.717, 1.165) is 0 Å². The van der Waals surface area contributed by atoms with Crippen LogP contribution in [-0.4, -0.2) is 0 Å². The van der Waals surface area contributed by atoms with Crippen LogP contribution >= 0.6 is 45.3 Å². The van der Waals surface area contributed by atoms with Crippen LogP contribution in [0.25, 0.3) is 146 Å². The van der Waals surface area contributed by atoms with Crippen LogP contribution in [0.5, 0.6) is 0 Å². The predicted molar refractivity (Wildman–Crippen MR) is 279 cm³/mol. The van der Waals surface area contributed by atoms with Crippen molar-refractivity contribution in [1.82, 2.24) is 0 Å². The molecule has 0 aliphatic carbocycles. The Labute approximate surface area is 370 Å². The summed E-state index contributed by atoms with van der Waals surface area (Å²) < 4.78 is 10.7. The highest BCUT2D eigenvalue weighted by Crippen LogP contribution is 2.50. The van der Waals surface area contributed by atoms with Gasteiger partial charge in [0.2, 0.25) is 0 Å². The van der Waals surface area contributed by atoms with Crippen LogP contribution in [0.4, 0.5) is 0 Å². The van der Waals surface area contributed by atoms with Gasteiger partial charge in [0.15, 0.2) is 0 Å². The first-order valence-corrected chi connectivity index (χ1v) is 24.3. The van der Waals surface area contributed by atoms with Crippen LogP contribution in [-0.2, 0) is 0 Å². The van der Waals surface area contributed by atoms with E-state index >= 15 is 0 Å². The second kappa shape index (κ2) is 12.5. The van der Waals surface area contributed by atoms with Crippen molar-refractivity contribution in [2.24, 2.45) is 0 Å². The maximum absolute atomic E-state index is 2.50. The molecule has 0 aliphatic rings. The van der Waals surface area contributed by atoms with Crippen molar-refractivity contribution in [3.05, 3.63) is 182 Å². The molecule has 4 heteroatoms. The van der Waals surface area contributed by atoms with Gasteiger partial charge in [0, 0.05) is 91.5 Å². The van der Waals surface area contributed by atoms with E-state index in [1.54, 1.807) is 0 Å².